The fraction of sp³-hybridized carbons (Fsp3) is 0.222. The van der Waals surface area contributed by atoms with E-state index in [4.69, 9.17) is 5.84 Å². The summed E-state index contributed by atoms with van der Waals surface area (Å²) in [6.45, 7) is 1.92. The lowest BCUT2D eigenvalue weighted by molar-refractivity contribution is 0.756. The van der Waals surface area contributed by atoms with Crippen molar-refractivity contribution in [3.63, 3.8) is 0 Å². The molecule has 0 atom stereocenters. The first-order valence-corrected chi connectivity index (χ1v) is 5.66. The number of nitrogens with zero attached hydrogens (tertiary/aromatic N) is 4. The molecule has 17 heavy (non-hydrogen) atoms. The molecule has 0 aliphatic heterocycles. The summed E-state index contributed by atoms with van der Waals surface area (Å²) < 4.78 is 2.48. The van der Waals surface area contributed by atoms with E-state index in [0.29, 0.717) is 11.8 Å². The highest BCUT2D eigenvalue weighted by molar-refractivity contribution is 9.10. The fourth-order valence-electron chi connectivity index (χ4n) is 1.37. The zero-order valence-electron chi connectivity index (χ0n) is 9.40. The molecule has 2 aromatic rings. The molecule has 2 heterocycles. The maximum Gasteiger partial charge on any atom is 0.239 e. The topological polar surface area (TPSA) is 93.7 Å². The van der Waals surface area contributed by atoms with E-state index in [9.17, 15) is 0 Å². The third-order valence-corrected chi connectivity index (χ3v) is 2.72. The Morgan fingerprint density at radius 3 is 2.82 bits per heavy atom. The summed E-state index contributed by atoms with van der Waals surface area (Å²) in [6.07, 6.45) is 3.50. The molecule has 90 valence electrons. The third-order valence-electron chi connectivity index (χ3n) is 2.14. The van der Waals surface area contributed by atoms with Crippen LogP contribution in [0, 0.1) is 6.92 Å². The molecule has 0 spiro atoms. The van der Waals surface area contributed by atoms with Gasteiger partial charge < -0.3 is 5.32 Å². The predicted octanol–water partition coefficient (Wildman–Crippen LogP) is 1.31. The number of nitrogen functional groups attached to an aromatic ring is 1. The zero-order valence-corrected chi connectivity index (χ0v) is 11.0. The van der Waals surface area contributed by atoms with Crippen LogP contribution >= 0.6 is 15.9 Å². The van der Waals surface area contributed by atoms with Gasteiger partial charge in [-0.1, -0.05) is 0 Å². The first-order valence-electron chi connectivity index (χ1n) is 4.86. The minimum Gasteiger partial charge on any atom is -0.336 e. The maximum atomic E-state index is 5.26. The molecule has 7 nitrogen and oxygen atoms in total. The Morgan fingerprint density at radius 2 is 2.24 bits per heavy atom. The Kier molecular flexibility index (Phi) is 3.25. The minimum absolute atomic E-state index is 0.345. The van der Waals surface area contributed by atoms with E-state index < -0.39 is 0 Å². The quantitative estimate of drug-likeness (QED) is 0.584. The van der Waals surface area contributed by atoms with Crippen molar-refractivity contribution >= 4 is 33.4 Å². The fourth-order valence-corrected chi connectivity index (χ4v) is 1.66. The number of rotatable bonds is 3. The summed E-state index contributed by atoms with van der Waals surface area (Å²) in [5, 5.41) is 7.39. The summed E-state index contributed by atoms with van der Waals surface area (Å²) in [7, 11) is 1.86. The van der Waals surface area contributed by atoms with Crippen LogP contribution in [0.3, 0.4) is 0 Å². The van der Waals surface area contributed by atoms with E-state index in [-0.39, 0.29) is 0 Å². The van der Waals surface area contributed by atoms with E-state index in [1.54, 1.807) is 10.9 Å². The van der Waals surface area contributed by atoms with Crippen molar-refractivity contribution in [1.82, 2.24) is 19.7 Å². The van der Waals surface area contributed by atoms with Crippen LogP contribution in [0.4, 0.5) is 17.5 Å². The van der Waals surface area contributed by atoms with Crippen LogP contribution in [0.1, 0.15) is 5.69 Å². The average Bonchev–Trinajstić information content (AvgIpc) is 2.60. The second-order valence-corrected chi connectivity index (χ2v) is 4.32. The molecule has 0 unspecified atom stereocenters. The second kappa shape index (κ2) is 4.68. The molecule has 0 aliphatic rings. The van der Waals surface area contributed by atoms with Crippen molar-refractivity contribution in [2.24, 2.45) is 12.9 Å². The van der Waals surface area contributed by atoms with Gasteiger partial charge in [-0.05, 0) is 22.9 Å². The summed E-state index contributed by atoms with van der Waals surface area (Å²) in [4.78, 5) is 8.17. The van der Waals surface area contributed by atoms with Gasteiger partial charge in [-0.2, -0.15) is 10.1 Å². The Labute approximate surface area is 107 Å². The highest BCUT2D eigenvalue weighted by atomic mass is 79.9. The van der Waals surface area contributed by atoms with Crippen LogP contribution in [-0.4, -0.2) is 19.7 Å². The number of aryl methyl sites for hydroxylation is 2. The van der Waals surface area contributed by atoms with Gasteiger partial charge >= 0.3 is 0 Å². The second-order valence-electron chi connectivity index (χ2n) is 3.46. The Morgan fingerprint density at radius 1 is 1.47 bits per heavy atom. The van der Waals surface area contributed by atoms with E-state index in [1.165, 1.54) is 0 Å². The Balaban J connectivity index is 2.32. The number of nitrogens with one attached hydrogen (secondary N) is 2. The largest absolute Gasteiger partial charge is 0.336 e. The van der Waals surface area contributed by atoms with Gasteiger partial charge in [0.2, 0.25) is 5.95 Å². The minimum atomic E-state index is 0.345. The molecule has 0 saturated heterocycles. The summed E-state index contributed by atoms with van der Waals surface area (Å²) in [6, 6.07) is 0. The number of halogens is 1. The van der Waals surface area contributed by atoms with Crippen LogP contribution in [0.5, 0.6) is 0 Å². The molecule has 0 saturated carbocycles. The van der Waals surface area contributed by atoms with Crippen LogP contribution in [0.2, 0.25) is 0 Å². The van der Waals surface area contributed by atoms with Crippen molar-refractivity contribution in [3.8, 4) is 0 Å². The van der Waals surface area contributed by atoms with Crippen molar-refractivity contribution in [2.75, 3.05) is 10.7 Å². The van der Waals surface area contributed by atoms with Crippen LogP contribution in [-0.2, 0) is 7.05 Å². The SMILES string of the molecule is Cc1nn(C)cc1Nc1nc(NN)ncc1Br. The number of nitrogens with two attached hydrogens (primary N) is 1. The van der Waals surface area contributed by atoms with Gasteiger partial charge in [0, 0.05) is 19.4 Å². The molecular formula is C9H12BrN7. The highest BCUT2D eigenvalue weighted by Crippen LogP contribution is 2.25. The zero-order chi connectivity index (χ0) is 12.4. The highest BCUT2D eigenvalue weighted by Gasteiger charge is 2.08. The average molecular weight is 298 g/mol. The van der Waals surface area contributed by atoms with Gasteiger partial charge in [-0.3, -0.25) is 10.1 Å². The van der Waals surface area contributed by atoms with Crippen LogP contribution < -0.4 is 16.6 Å². The molecule has 0 bridgehead atoms. The van der Waals surface area contributed by atoms with E-state index >= 15 is 0 Å². The molecule has 0 aliphatic carbocycles. The van der Waals surface area contributed by atoms with Crippen molar-refractivity contribution in [2.45, 2.75) is 6.92 Å². The molecule has 0 aromatic carbocycles. The van der Waals surface area contributed by atoms with Gasteiger partial charge in [-0.25, -0.2) is 10.8 Å². The first-order chi connectivity index (χ1) is 8.10. The molecule has 0 amide bonds. The Hall–Kier alpha value is -1.67. The molecule has 0 fully saturated rings. The smallest absolute Gasteiger partial charge is 0.239 e. The van der Waals surface area contributed by atoms with Gasteiger partial charge in [0.05, 0.1) is 15.9 Å². The molecule has 2 aromatic heterocycles. The number of hydrogen-bond acceptors (Lipinski definition) is 6. The van der Waals surface area contributed by atoms with Crippen LogP contribution in [0.15, 0.2) is 16.9 Å². The van der Waals surface area contributed by atoms with E-state index in [0.717, 1.165) is 15.9 Å². The summed E-state index contributed by atoms with van der Waals surface area (Å²) in [5.41, 5.74) is 4.17. The van der Waals surface area contributed by atoms with Crippen molar-refractivity contribution < 1.29 is 0 Å². The number of anilines is 3. The molecule has 8 heteroatoms. The van der Waals surface area contributed by atoms with E-state index in [1.807, 2.05) is 20.2 Å². The monoisotopic (exact) mass is 297 g/mol. The summed E-state index contributed by atoms with van der Waals surface area (Å²) in [5.74, 6) is 6.24. The van der Waals surface area contributed by atoms with Gasteiger partial charge in [-0.15, -0.1) is 0 Å². The molecular weight excluding hydrogens is 286 g/mol. The first kappa shape index (κ1) is 11.8. The lowest BCUT2D eigenvalue weighted by atomic mass is 10.4. The van der Waals surface area contributed by atoms with Gasteiger partial charge in [0.1, 0.15) is 0 Å². The maximum absolute atomic E-state index is 5.26. The lowest BCUT2D eigenvalue weighted by Gasteiger charge is -2.07. The lowest BCUT2D eigenvalue weighted by Crippen LogP contribution is -2.11. The number of hydrogen-bond donors (Lipinski definition) is 3. The molecule has 2 rings (SSSR count). The third kappa shape index (κ3) is 2.53. The van der Waals surface area contributed by atoms with Crippen LogP contribution in [0.25, 0.3) is 0 Å². The summed E-state index contributed by atoms with van der Waals surface area (Å²) >= 11 is 3.37. The number of aromatic nitrogens is 4. The number of hydrazine groups is 1. The Bertz CT molecular complexity index is 536. The van der Waals surface area contributed by atoms with Gasteiger partial charge in [0.25, 0.3) is 0 Å². The standard InChI is InChI=1S/C9H12BrN7/c1-5-7(4-17(2)16-5)13-8-6(10)3-12-9(14-8)15-11/h3-4H,11H2,1-2H3,(H2,12,13,14,15). The van der Waals surface area contributed by atoms with Crippen molar-refractivity contribution in [1.29, 1.82) is 0 Å². The predicted molar refractivity (Wildman–Crippen MR) is 68.8 cm³/mol. The van der Waals surface area contributed by atoms with Gasteiger partial charge in [0.15, 0.2) is 5.82 Å². The molecule has 4 N–H and O–H groups in total. The van der Waals surface area contributed by atoms with Crippen molar-refractivity contribution in [3.05, 3.63) is 22.6 Å². The normalized spacial score (nSPS) is 10.4. The van der Waals surface area contributed by atoms with E-state index in [2.05, 4.69) is 41.7 Å². The molecule has 0 radical (unpaired) electrons.